The van der Waals surface area contributed by atoms with E-state index in [0.717, 1.165) is 0 Å². The van der Waals surface area contributed by atoms with Gasteiger partial charge in [0.05, 0.1) is 17.3 Å². The van der Waals surface area contributed by atoms with E-state index in [9.17, 15) is 4.79 Å². The Kier molecular flexibility index (Phi) is 4.77. The smallest absolute Gasteiger partial charge is 0.254 e. The Balaban J connectivity index is 2.63. The third-order valence-corrected chi connectivity index (χ3v) is 2.16. The van der Waals surface area contributed by atoms with Crippen LogP contribution in [0.4, 0.5) is 0 Å². The molecule has 6 heteroatoms. The Morgan fingerprint density at radius 2 is 2.31 bits per heavy atom. The normalized spacial score (nSPS) is 10.1. The van der Waals surface area contributed by atoms with Gasteiger partial charge in [-0.3, -0.25) is 4.79 Å². The molecule has 1 N–H and O–H groups in total. The zero-order valence-electron chi connectivity index (χ0n) is 8.08. The average Bonchev–Trinajstić information content (AvgIpc) is 2.22. The maximum atomic E-state index is 10.9. The van der Waals surface area contributed by atoms with E-state index < -0.39 is 5.91 Å². The molecule has 0 unspecified atom stereocenters. The lowest BCUT2D eigenvalue weighted by molar-refractivity contribution is -0.120. The molecular weight excluding hydrogens is 249 g/mol. The largest absolute Gasteiger partial charge is 0.272 e. The number of hydrazone groups is 1. The molecule has 1 rings (SSSR count). The molecule has 4 nitrogen and oxygen atoms in total. The summed E-state index contributed by atoms with van der Waals surface area (Å²) in [5, 5.41) is 12.8. The Bertz CT molecular complexity index is 466. The minimum atomic E-state index is -0.469. The van der Waals surface area contributed by atoms with Crippen molar-refractivity contribution < 1.29 is 4.79 Å². The van der Waals surface area contributed by atoms with Crippen LogP contribution >= 0.6 is 23.2 Å². The lowest BCUT2D eigenvalue weighted by Crippen LogP contribution is -2.16. The molecule has 0 aromatic heterocycles. The van der Waals surface area contributed by atoms with E-state index in [1.54, 1.807) is 24.3 Å². The number of halogens is 2. The van der Waals surface area contributed by atoms with Crippen LogP contribution in [-0.2, 0) is 4.79 Å². The molecule has 16 heavy (non-hydrogen) atoms. The number of nitrogens with zero attached hydrogens (tertiary/aromatic N) is 2. The van der Waals surface area contributed by atoms with E-state index in [-0.39, 0.29) is 6.42 Å². The third-order valence-electron chi connectivity index (χ3n) is 1.59. The first-order valence-electron chi connectivity index (χ1n) is 4.27. The summed E-state index contributed by atoms with van der Waals surface area (Å²) in [6, 6.07) is 6.61. The van der Waals surface area contributed by atoms with Gasteiger partial charge in [-0.15, -0.1) is 0 Å². The fourth-order valence-electron chi connectivity index (χ4n) is 0.891. The predicted octanol–water partition coefficient (Wildman–Crippen LogP) is 2.36. The number of nitrogens with one attached hydrogen (secondary N) is 1. The van der Waals surface area contributed by atoms with Gasteiger partial charge in [-0.1, -0.05) is 29.3 Å². The molecule has 0 radical (unpaired) electrons. The molecule has 0 saturated carbocycles. The van der Waals surface area contributed by atoms with Gasteiger partial charge in [0.15, 0.2) is 0 Å². The summed E-state index contributed by atoms with van der Waals surface area (Å²) >= 11 is 11.6. The lowest BCUT2D eigenvalue weighted by atomic mass is 10.2. The van der Waals surface area contributed by atoms with Crippen molar-refractivity contribution in [2.45, 2.75) is 6.42 Å². The van der Waals surface area contributed by atoms with Crippen LogP contribution in [0.1, 0.15) is 12.0 Å². The van der Waals surface area contributed by atoms with Gasteiger partial charge in [0.2, 0.25) is 0 Å². The fourth-order valence-corrected chi connectivity index (χ4v) is 1.35. The van der Waals surface area contributed by atoms with Gasteiger partial charge in [0.25, 0.3) is 5.91 Å². The molecule has 82 valence electrons. The third kappa shape index (κ3) is 3.89. The average molecular weight is 256 g/mol. The van der Waals surface area contributed by atoms with E-state index in [2.05, 4.69) is 10.5 Å². The van der Waals surface area contributed by atoms with Crippen LogP contribution in [0.2, 0.25) is 10.0 Å². The minimum Gasteiger partial charge on any atom is -0.272 e. The summed E-state index contributed by atoms with van der Waals surface area (Å²) in [6.45, 7) is 0. The highest BCUT2D eigenvalue weighted by atomic mass is 35.5. The number of carbonyl (C=O) groups is 1. The summed E-state index contributed by atoms with van der Waals surface area (Å²) < 4.78 is 0. The van der Waals surface area contributed by atoms with Gasteiger partial charge < -0.3 is 0 Å². The second-order valence-corrected chi connectivity index (χ2v) is 3.64. The van der Waals surface area contributed by atoms with Crippen LogP contribution in [0.3, 0.4) is 0 Å². The van der Waals surface area contributed by atoms with Gasteiger partial charge in [0.1, 0.15) is 6.42 Å². The highest BCUT2D eigenvalue weighted by molar-refractivity contribution is 6.36. The number of hydrogen-bond donors (Lipinski definition) is 1. The molecule has 0 aliphatic heterocycles. The molecule has 1 aromatic rings. The van der Waals surface area contributed by atoms with Crippen LogP contribution < -0.4 is 5.43 Å². The van der Waals surface area contributed by atoms with Crippen molar-refractivity contribution in [1.82, 2.24) is 5.43 Å². The first kappa shape index (κ1) is 12.5. The maximum absolute atomic E-state index is 10.9. The molecule has 0 heterocycles. The van der Waals surface area contributed by atoms with Gasteiger partial charge >= 0.3 is 0 Å². The second kappa shape index (κ2) is 6.11. The van der Waals surface area contributed by atoms with E-state index in [4.69, 9.17) is 28.5 Å². The SMILES string of the molecule is N#CCC(=O)N/N=C\c1ccc(Cl)cc1Cl. The number of nitriles is 1. The quantitative estimate of drug-likeness (QED) is 0.666. The fraction of sp³-hybridized carbons (Fsp3) is 0.100. The summed E-state index contributed by atoms with van der Waals surface area (Å²) in [6.07, 6.45) is 1.15. The van der Waals surface area contributed by atoms with Crippen molar-refractivity contribution in [3.8, 4) is 6.07 Å². The molecule has 0 aliphatic carbocycles. The van der Waals surface area contributed by atoms with E-state index in [0.29, 0.717) is 15.6 Å². The summed E-state index contributed by atoms with van der Waals surface area (Å²) in [7, 11) is 0. The van der Waals surface area contributed by atoms with Crippen molar-refractivity contribution in [2.75, 3.05) is 0 Å². The second-order valence-electron chi connectivity index (χ2n) is 2.79. The van der Waals surface area contributed by atoms with E-state index in [1.165, 1.54) is 6.21 Å². The minimum absolute atomic E-state index is 0.230. The first-order valence-corrected chi connectivity index (χ1v) is 5.03. The topological polar surface area (TPSA) is 65.2 Å². The summed E-state index contributed by atoms with van der Waals surface area (Å²) in [4.78, 5) is 10.9. The van der Waals surface area contributed by atoms with Crippen LogP contribution in [-0.4, -0.2) is 12.1 Å². The van der Waals surface area contributed by atoms with Crippen molar-refractivity contribution in [1.29, 1.82) is 5.26 Å². The van der Waals surface area contributed by atoms with Crippen LogP contribution in [0.25, 0.3) is 0 Å². The zero-order valence-corrected chi connectivity index (χ0v) is 9.59. The Morgan fingerprint density at radius 1 is 1.56 bits per heavy atom. The number of amides is 1. The molecule has 1 aromatic carbocycles. The molecule has 1 amide bonds. The molecule has 0 bridgehead atoms. The van der Waals surface area contributed by atoms with E-state index in [1.807, 2.05) is 0 Å². The van der Waals surface area contributed by atoms with Crippen molar-refractivity contribution in [2.24, 2.45) is 5.10 Å². The van der Waals surface area contributed by atoms with E-state index >= 15 is 0 Å². The van der Waals surface area contributed by atoms with Crippen LogP contribution in [0.15, 0.2) is 23.3 Å². The van der Waals surface area contributed by atoms with Crippen molar-refractivity contribution in [3.63, 3.8) is 0 Å². The molecule has 0 fully saturated rings. The van der Waals surface area contributed by atoms with Crippen LogP contribution in [0, 0.1) is 11.3 Å². The Labute approximate surface area is 102 Å². The number of hydrogen-bond acceptors (Lipinski definition) is 3. The van der Waals surface area contributed by atoms with Gasteiger partial charge in [0, 0.05) is 10.6 Å². The lowest BCUT2D eigenvalue weighted by Gasteiger charge is -1.98. The highest BCUT2D eigenvalue weighted by Gasteiger charge is 1.99. The highest BCUT2D eigenvalue weighted by Crippen LogP contribution is 2.19. The monoisotopic (exact) mass is 255 g/mol. The number of rotatable bonds is 3. The van der Waals surface area contributed by atoms with Crippen LogP contribution in [0.5, 0.6) is 0 Å². The summed E-state index contributed by atoms with van der Waals surface area (Å²) in [5.41, 5.74) is 2.82. The Hall–Kier alpha value is -1.57. The van der Waals surface area contributed by atoms with Gasteiger partial charge in [-0.25, -0.2) is 5.43 Å². The molecule has 0 spiro atoms. The zero-order chi connectivity index (χ0) is 12.0. The maximum Gasteiger partial charge on any atom is 0.254 e. The Morgan fingerprint density at radius 3 is 2.94 bits per heavy atom. The van der Waals surface area contributed by atoms with Gasteiger partial charge in [-0.2, -0.15) is 10.4 Å². The van der Waals surface area contributed by atoms with Gasteiger partial charge in [-0.05, 0) is 12.1 Å². The summed E-state index contributed by atoms with van der Waals surface area (Å²) in [5.74, 6) is -0.469. The first-order chi connectivity index (χ1) is 7.63. The molecule has 0 atom stereocenters. The standard InChI is InChI=1S/C10H7Cl2N3O/c11-8-2-1-7(9(12)5-8)6-14-15-10(16)3-4-13/h1-2,5-6H,3H2,(H,15,16)/b14-6-. The van der Waals surface area contributed by atoms with Crippen molar-refractivity contribution >= 4 is 35.3 Å². The number of carbonyl (C=O) groups excluding carboxylic acids is 1. The molecule has 0 aliphatic rings. The molecule has 0 saturated heterocycles. The number of benzene rings is 1. The van der Waals surface area contributed by atoms with Crippen molar-refractivity contribution in [3.05, 3.63) is 33.8 Å². The predicted molar refractivity (Wildman–Crippen MR) is 62.4 cm³/mol. The molecular formula is C10H7Cl2N3O.